The lowest BCUT2D eigenvalue weighted by Gasteiger charge is -2.23. The number of aliphatic hydroxyl groups excluding tert-OH is 1. The number of hydrogen-bond acceptors (Lipinski definition) is 12. The van der Waals surface area contributed by atoms with Crippen molar-refractivity contribution in [1.29, 1.82) is 0 Å². The summed E-state index contributed by atoms with van der Waals surface area (Å²) in [7, 11) is 0. The number of cyclic esters (lactones) is 3. The lowest BCUT2D eigenvalue weighted by molar-refractivity contribution is -0.136. The second-order valence-electron chi connectivity index (χ2n) is 9.33. The van der Waals surface area contributed by atoms with Crippen molar-refractivity contribution in [3.8, 4) is 0 Å². The topological polar surface area (TPSA) is 166 Å². The number of halogens is 8. The van der Waals surface area contributed by atoms with Crippen LogP contribution >= 0.6 is 62.3 Å². The zero-order valence-electron chi connectivity index (χ0n) is 26.2. The second-order valence-corrected chi connectivity index (χ2v) is 11.4. The monoisotopic (exact) mass is 851 g/mol. The summed E-state index contributed by atoms with van der Waals surface area (Å²) in [5.41, 5.74) is 7.76. The van der Waals surface area contributed by atoms with Crippen molar-refractivity contribution < 1.29 is 46.9 Å². The predicted octanol–water partition coefficient (Wildman–Crippen LogP) is 5.77. The van der Waals surface area contributed by atoms with Gasteiger partial charge in [0.1, 0.15) is 55.9 Å². The van der Waals surface area contributed by atoms with Gasteiger partial charge in [-0.3, -0.25) is 0 Å². The van der Waals surface area contributed by atoms with E-state index in [-0.39, 0.29) is 56.3 Å². The van der Waals surface area contributed by atoms with E-state index in [4.69, 9.17) is 56.2 Å². The molecule has 5 rings (SSSR count). The molecule has 5 heterocycles. The summed E-state index contributed by atoms with van der Waals surface area (Å²) in [6, 6.07) is 3.45. The molecule has 50 heavy (non-hydrogen) atoms. The predicted molar refractivity (Wildman–Crippen MR) is 186 cm³/mol. The molecule has 0 saturated carbocycles. The van der Waals surface area contributed by atoms with Crippen LogP contribution in [0.3, 0.4) is 0 Å². The summed E-state index contributed by atoms with van der Waals surface area (Å²) in [6.07, 6.45) is 7.00. The Morgan fingerprint density at radius 1 is 0.820 bits per heavy atom. The van der Waals surface area contributed by atoms with Crippen molar-refractivity contribution in [2.45, 2.75) is 11.9 Å². The summed E-state index contributed by atoms with van der Waals surface area (Å²) < 4.78 is 48.4. The van der Waals surface area contributed by atoms with E-state index in [9.17, 15) is 27.6 Å². The van der Waals surface area contributed by atoms with Gasteiger partial charge in [0.15, 0.2) is 0 Å². The molecule has 276 valence electrons. The molecule has 2 aromatic heterocycles. The quantitative estimate of drug-likeness (QED) is 0.115. The minimum absolute atomic E-state index is 0.00463. The van der Waals surface area contributed by atoms with Gasteiger partial charge in [0.05, 0.1) is 27.5 Å². The summed E-state index contributed by atoms with van der Waals surface area (Å²) in [6.45, 7) is 0.0263. The van der Waals surface area contributed by atoms with Gasteiger partial charge in [-0.2, -0.15) is 0 Å². The van der Waals surface area contributed by atoms with Gasteiger partial charge in [-0.05, 0) is 23.3 Å². The number of nitrogens with one attached hydrogen (secondary N) is 1. The molecule has 0 bridgehead atoms. The number of nitrogens with two attached hydrogens (primary N) is 1. The molecule has 0 radical (unpaired) electrons. The molecule has 0 atom stereocenters. The maximum absolute atomic E-state index is 12.6. The van der Waals surface area contributed by atoms with Crippen molar-refractivity contribution >= 4 is 80.2 Å². The first-order valence-corrected chi connectivity index (χ1v) is 16.8. The lowest BCUT2D eigenvalue weighted by atomic mass is 10.2. The Morgan fingerprint density at radius 3 is 1.76 bits per heavy atom. The molecule has 2 aromatic rings. The minimum atomic E-state index is -0.527. The van der Waals surface area contributed by atoms with Crippen molar-refractivity contribution in [3.63, 3.8) is 0 Å². The van der Waals surface area contributed by atoms with E-state index in [0.717, 1.165) is 22.5 Å². The third-order valence-corrected chi connectivity index (χ3v) is 7.52. The molecular formula is C30H33BrCl4F3N5O7. The van der Waals surface area contributed by atoms with E-state index in [1.165, 1.54) is 12.2 Å². The number of aliphatic hydroxyl groups is 1. The van der Waals surface area contributed by atoms with E-state index in [1.54, 1.807) is 29.4 Å². The first kappa shape index (κ1) is 44.7. The van der Waals surface area contributed by atoms with Gasteiger partial charge in [-0.15, -0.1) is 0 Å². The molecule has 4 N–H and O–H groups in total. The number of aromatic nitrogens is 2. The molecule has 0 unspecified atom stereocenters. The highest BCUT2D eigenvalue weighted by Gasteiger charge is 2.19. The van der Waals surface area contributed by atoms with Crippen LogP contribution in [-0.4, -0.2) is 97.4 Å². The zero-order valence-corrected chi connectivity index (χ0v) is 30.8. The second kappa shape index (κ2) is 25.6. The van der Waals surface area contributed by atoms with Crippen LogP contribution in [0.4, 0.5) is 13.2 Å². The number of pyridine rings is 2. The molecule has 3 aliphatic rings. The molecular weight excluding hydrogens is 821 g/mol. The average molecular weight is 854 g/mol. The Hall–Kier alpha value is -3.28. The van der Waals surface area contributed by atoms with Crippen molar-refractivity contribution in [2.75, 3.05) is 59.5 Å². The first-order valence-electron chi connectivity index (χ1n) is 14.2. The third-order valence-electron chi connectivity index (χ3n) is 5.51. The molecule has 0 saturated heterocycles. The van der Waals surface area contributed by atoms with Gasteiger partial charge in [-0.1, -0.05) is 62.3 Å². The molecule has 20 heteroatoms. The van der Waals surface area contributed by atoms with Crippen LogP contribution in [0.25, 0.3) is 0 Å². The zero-order chi connectivity index (χ0) is 37.5. The molecule has 0 aromatic carbocycles. The molecule has 0 amide bonds. The Balaban J connectivity index is 0.000000343. The fourth-order valence-corrected chi connectivity index (χ4v) is 4.21. The third kappa shape index (κ3) is 18.6. The van der Waals surface area contributed by atoms with Gasteiger partial charge < -0.3 is 35.3 Å². The maximum Gasteiger partial charge on any atom is 0.334 e. The van der Waals surface area contributed by atoms with Crippen LogP contribution < -0.4 is 11.1 Å². The van der Waals surface area contributed by atoms with Crippen LogP contribution in [0.2, 0.25) is 20.4 Å². The van der Waals surface area contributed by atoms with Crippen molar-refractivity contribution in [1.82, 2.24) is 20.2 Å². The number of nitrogens with zero attached hydrogens (tertiary/aromatic N) is 3. The number of carbonyl (C=O) groups excluding carboxylic acids is 3. The van der Waals surface area contributed by atoms with Crippen LogP contribution in [0.15, 0.2) is 59.9 Å². The Labute approximate surface area is 314 Å². The maximum atomic E-state index is 12.6. The van der Waals surface area contributed by atoms with Crippen molar-refractivity contribution in [2.24, 2.45) is 5.73 Å². The van der Waals surface area contributed by atoms with E-state index >= 15 is 0 Å². The fourth-order valence-electron chi connectivity index (χ4n) is 3.32. The summed E-state index contributed by atoms with van der Waals surface area (Å²) in [4.78, 5) is 40.9. The molecule has 0 aliphatic carbocycles. The Kier molecular flexibility index (Phi) is 22.9. The van der Waals surface area contributed by atoms with Gasteiger partial charge >= 0.3 is 17.9 Å². The summed E-state index contributed by atoms with van der Waals surface area (Å²) in [5, 5.41) is 13.3. The van der Waals surface area contributed by atoms with Crippen LogP contribution in [0.1, 0.15) is 11.1 Å². The van der Waals surface area contributed by atoms with E-state index < -0.39 is 32.0 Å². The van der Waals surface area contributed by atoms with Crippen molar-refractivity contribution in [3.05, 3.63) is 91.4 Å². The Morgan fingerprint density at radius 2 is 1.36 bits per heavy atom. The highest BCUT2D eigenvalue weighted by Crippen LogP contribution is 2.23. The van der Waals surface area contributed by atoms with Gasteiger partial charge in [0.2, 0.25) is 0 Å². The van der Waals surface area contributed by atoms with E-state index in [2.05, 4.69) is 46.4 Å². The van der Waals surface area contributed by atoms with E-state index in [0.29, 0.717) is 33.1 Å². The number of esters is 3. The average Bonchev–Trinajstić information content (AvgIpc) is 3.84. The van der Waals surface area contributed by atoms with E-state index in [1.807, 2.05) is 0 Å². The first-order chi connectivity index (χ1) is 23.9. The summed E-state index contributed by atoms with van der Waals surface area (Å²) >= 11 is 26.1. The highest BCUT2D eigenvalue weighted by atomic mass is 79.9. The number of ether oxygens (including phenoxy) is 3. The smallest absolute Gasteiger partial charge is 0.334 e. The Bertz CT molecular complexity index is 1510. The van der Waals surface area contributed by atoms with Crippen LogP contribution in [0.5, 0.6) is 0 Å². The molecule has 12 nitrogen and oxygen atoms in total. The fraction of sp³-hybridized carbons (Fsp3) is 0.367. The van der Waals surface area contributed by atoms with Gasteiger partial charge in [-0.25, -0.2) is 37.5 Å². The van der Waals surface area contributed by atoms with Gasteiger partial charge in [0, 0.05) is 56.1 Å². The summed E-state index contributed by atoms with van der Waals surface area (Å²) in [5.74, 6) is -1.23. The minimum Gasteiger partial charge on any atom is -0.508 e. The molecule has 3 aliphatic heterocycles. The number of rotatable bonds is 10. The molecule has 0 spiro atoms. The standard InChI is InChI=1S/C12H11Cl2FN2O2.C6H4BrCl2N.C6H8FNO2.C4H4O3.C2H6FN/c13-10-3-8(5-16-12(10)14)6-17(2-1-15)9-4-11(18)19-7-9;7-2-4-1-5(8)6(9)10-3-4;7-1-2-8-5-3-6(9)10-4-5;5-3-1-4(6)7-2-3;3-1-2-4/h3-5H,1-2,6-7H2;1,3H,2H2;3,8H,1-2,4H2;1,5H,2H2;1-2,4H2. The largest absolute Gasteiger partial charge is 0.508 e. The number of carbonyl (C=O) groups is 3. The van der Waals surface area contributed by atoms with Crippen LogP contribution in [-0.2, 0) is 40.5 Å². The number of hydrogen-bond donors (Lipinski definition) is 3. The van der Waals surface area contributed by atoms with Crippen LogP contribution in [0, 0.1) is 0 Å². The SMILES string of the molecule is Clc1cc(CBr)cnc1Cl.NCCF.O=C1C=C(N(CCF)Cc2cnc(Cl)c(Cl)c2)CO1.O=C1C=C(NCCF)CO1.O=C1C=C(O)CO1. The lowest BCUT2D eigenvalue weighted by Crippen LogP contribution is -2.26. The highest BCUT2D eigenvalue weighted by molar-refractivity contribution is 9.08. The number of alkyl halides is 4. The van der Waals surface area contributed by atoms with Gasteiger partial charge in [0.25, 0.3) is 0 Å². The normalized spacial score (nSPS) is 13.9. The molecule has 0 fully saturated rings.